The van der Waals surface area contributed by atoms with Gasteiger partial charge in [0.15, 0.2) is 0 Å². The molecule has 0 saturated carbocycles. The summed E-state index contributed by atoms with van der Waals surface area (Å²) in [6.45, 7) is 4.20. The highest BCUT2D eigenvalue weighted by molar-refractivity contribution is 5.00. The predicted molar refractivity (Wildman–Crippen MR) is 50.9 cm³/mol. The van der Waals surface area contributed by atoms with Crippen molar-refractivity contribution in [1.82, 2.24) is 0 Å². The van der Waals surface area contributed by atoms with Crippen LogP contribution in [0.3, 0.4) is 0 Å². The molecule has 1 rings (SSSR count). The van der Waals surface area contributed by atoms with Crippen LogP contribution in [0.25, 0.3) is 0 Å². The maximum absolute atomic E-state index is 5.76. The fourth-order valence-corrected chi connectivity index (χ4v) is 1.49. The fourth-order valence-electron chi connectivity index (χ4n) is 1.49. The third-order valence-electron chi connectivity index (χ3n) is 2.01. The molecule has 0 bridgehead atoms. The van der Waals surface area contributed by atoms with Gasteiger partial charge in [-0.05, 0) is 33.1 Å². The lowest BCUT2D eigenvalue weighted by Gasteiger charge is -2.19. The lowest BCUT2D eigenvalue weighted by molar-refractivity contribution is -0.00158. The smallest absolute Gasteiger partial charge is 0.0588 e. The molecule has 0 aliphatic heterocycles. The van der Waals surface area contributed by atoms with E-state index in [0.717, 1.165) is 19.3 Å². The Kier molecular flexibility index (Phi) is 4.18. The Morgan fingerprint density at radius 2 is 1.92 bits per heavy atom. The van der Waals surface area contributed by atoms with E-state index in [1.54, 1.807) is 0 Å². The van der Waals surface area contributed by atoms with E-state index in [4.69, 9.17) is 4.74 Å². The van der Waals surface area contributed by atoms with Crippen LogP contribution in [0, 0.1) is 11.8 Å². The molecule has 1 aliphatic rings. The first kappa shape index (κ1) is 9.61. The van der Waals surface area contributed by atoms with Crippen molar-refractivity contribution in [3.63, 3.8) is 0 Å². The molecule has 0 aromatic heterocycles. The summed E-state index contributed by atoms with van der Waals surface area (Å²) in [6, 6.07) is 0. The van der Waals surface area contributed by atoms with Crippen LogP contribution in [-0.4, -0.2) is 12.2 Å². The fraction of sp³-hybridized carbons (Fsp3) is 0.818. The molecule has 68 valence electrons. The zero-order valence-electron chi connectivity index (χ0n) is 8.10. The Labute approximate surface area is 75.5 Å². The SMILES string of the molecule is CC(C)OC1CCC#CCCC1. The van der Waals surface area contributed by atoms with Crippen LogP contribution in [0.1, 0.15) is 46.0 Å². The average molecular weight is 166 g/mol. The minimum absolute atomic E-state index is 0.363. The van der Waals surface area contributed by atoms with Crippen molar-refractivity contribution in [2.45, 2.75) is 58.2 Å². The van der Waals surface area contributed by atoms with Gasteiger partial charge >= 0.3 is 0 Å². The van der Waals surface area contributed by atoms with Crippen molar-refractivity contribution in [2.24, 2.45) is 0 Å². The first-order chi connectivity index (χ1) is 5.79. The van der Waals surface area contributed by atoms with Crippen LogP contribution in [0.5, 0.6) is 0 Å². The standard InChI is InChI=1S/C11H18O/c1-10(2)12-11-8-6-4-3-5-7-9-11/h10-11H,4,6-9H2,1-2H3. The lowest BCUT2D eigenvalue weighted by Crippen LogP contribution is -2.18. The summed E-state index contributed by atoms with van der Waals surface area (Å²) in [4.78, 5) is 0. The Morgan fingerprint density at radius 1 is 1.17 bits per heavy atom. The quantitative estimate of drug-likeness (QED) is 0.573. The number of ether oxygens (including phenoxy) is 1. The Bertz CT molecular complexity index is 173. The summed E-state index contributed by atoms with van der Waals surface area (Å²) in [6.07, 6.45) is 6.39. The molecule has 0 aromatic rings. The van der Waals surface area contributed by atoms with Gasteiger partial charge in [-0.25, -0.2) is 0 Å². The number of hydrogen-bond donors (Lipinski definition) is 0. The van der Waals surface area contributed by atoms with Crippen LogP contribution in [0.2, 0.25) is 0 Å². The molecular formula is C11H18O. The largest absolute Gasteiger partial charge is 0.376 e. The summed E-state index contributed by atoms with van der Waals surface area (Å²) in [5, 5.41) is 0. The topological polar surface area (TPSA) is 9.23 Å². The molecule has 0 N–H and O–H groups in total. The van der Waals surface area contributed by atoms with E-state index in [0.29, 0.717) is 12.2 Å². The monoisotopic (exact) mass is 166 g/mol. The van der Waals surface area contributed by atoms with Gasteiger partial charge in [0.2, 0.25) is 0 Å². The highest BCUT2D eigenvalue weighted by atomic mass is 16.5. The molecule has 1 heteroatoms. The third kappa shape index (κ3) is 3.78. The Balaban J connectivity index is 2.30. The molecule has 0 amide bonds. The first-order valence-corrected chi connectivity index (χ1v) is 4.90. The zero-order valence-corrected chi connectivity index (χ0v) is 8.10. The van der Waals surface area contributed by atoms with E-state index in [1.165, 1.54) is 12.8 Å². The van der Waals surface area contributed by atoms with Gasteiger partial charge in [0.25, 0.3) is 0 Å². The summed E-state index contributed by atoms with van der Waals surface area (Å²) < 4.78 is 5.76. The van der Waals surface area contributed by atoms with Crippen molar-refractivity contribution in [3.05, 3.63) is 0 Å². The predicted octanol–water partition coefficient (Wildman–Crippen LogP) is 2.75. The molecular weight excluding hydrogens is 148 g/mol. The summed E-state index contributed by atoms with van der Waals surface area (Å²) in [7, 11) is 0. The summed E-state index contributed by atoms with van der Waals surface area (Å²) in [5.74, 6) is 6.32. The summed E-state index contributed by atoms with van der Waals surface area (Å²) in [5.41, 5.74) is 0. The second-order valence-corrected chi connectivity index (χ2v) is 3.59. The maximum atomic E-state index is 5.76. The van der Waals surface area contributed by atoms with E-state index >= 15 is 0 Å². The highest BCUT2D eigenvalue weighted by Crippen LogP contribution is 2.14. The zero-order chi connectivity index (χ0) is 8.81. The van der Waals surface area contributed by atoms with Gasteiger partial charge in [0.1, 0.15) is 0 Å². The van der Waals surface area contributed by atoms with E-state index < -0.39 is 0 Å². The van der Waals surface area contributed by atoms with Gasteiger partial charge in [-0.3, -0.25) is 0 Å². The van der Waals surface area contributed by atoms with Crippen molar-refractivity contribution < 1.29 is 4.74 Å². The van der Waals surface area contributed by atoms with E-state index in [2.05, 4.69) is 25.7 Å². The van der Waals surface area contributed by atoms with E-state index in [9.17, 15) is 0 Å². The number of rotatable bonds is 2. The van der Waals surface area contributed by atoms with Crippen LogP contribution in [-0.2, 0) is 4.74 Å². The third-order valence-corrected chi connectivity index (χ3v) is 2.01. The second kappa shape index (κ2) is 5.22. The number of hydrogen-bond acceptors (Lipinski definition) is 1. The summed E-state index contributed by atoms with van der Waals surface area (Å²) >= 11 is 0. The molecule has 0 radical (unpaired) electrons. The molecule has 1 nitrogen and oxygen atoms in total. The van der Waals surface area contributed by atoms with Crippen molar-refractivity contribution in [1.29, 1.82) is 0 Å². The minimum atomic E-state index is 0.363. The Morgan fingerprint density at radius 3 is 2.67 bits per heavy atom. The molecule has 1 aliphatic carbocycles. The molecule has 0 saturated heterocycles. The lowest BCUT2D eigenvalue weighted by atomic mass is 10.0. The van der Waals surface area contributed by atoms with E-state index in [1.807, 2.05) is 0 Å². The van der Waals surface area contributed by atoms with Gasteiger partial charge in [0, 0.05) is 12.8 Å². The van der Waals surface area contributed by atoms with Crippen LogP contribution in [0.4, 0.5) is 0 Å². The van der Waals surface area contributed by atoms with Gasteiger partial charge < -0.3 is 4.74 Å². The van der Waals surface area contributed by atoms with E-state index in [-0.39, 0.29) is 0 Å². The van der Waals surface area contributed by atoms with Crippen molar-refractivity contribution >= 4 is 0 Å². The molecule has 0 fully saturated rings. The van der Waals surface area contributed by atoms with Crippen molar-refractivity contribution in [2.75, 3.05) is 0 Å². The molecule has 1 atom stereocenters. The molecule has 1 unspecified atom stereocenters. The minimum Gasteiger partial charge on any atom is -0.376 e. The van der Waals surface area contributed by atoms with Crippen LogP contribution < -0.4 is 0 Å². The van der Waals surface area contributed by atoms with Crippen LogP contribution in [0.15, 0.2) is 0 Å². The molecule has 12 heavy (non-hydrogen) atoms. The molecule has 0 heterocycles. The maximum Gasteiger partial charge on any atom is 0.0588 e. The van der Waals surface area contributed by atoms with Gasteiger partial charge in [0.05, 0.1) is 12.2 Å². The van der Waals surface area contributed by atoms with Gasteiger partial charge in [-0.15, -0.1) is 11.8 Å². The Hall–Kier alpha value is -0.480. The van der Waals surface area contributed by atoms with Crippen LogP contribution >= 0.6 is 0 Å². The average Bonchev–Trinajstić information content (AvgIpc) is 1.93. The second-order valence-electron chi connectivity index (χ2n) is 3.59. The first-order valence-electron chi connectivity index (χ1n) is 4.90. The van der Waals surface area contributed by atoms with Gasteiger partial charge in [-0.2, -0.15) is 0 Å². The van der Waals surface area contributed by atoms with Gasteiger partial charge in [-0.1, -0.05) is 0 Å². The highest BCUT2D eigenvalue weighted by Gasteiger charge is 2.10. The molecule has 0 spiro atoms. The van der Waals surface area contributed by atoms with Crippen molar-refractivity contribution in [3.8, 4) is 11.8 Å². The normalized spacial score (nSPS) is 24.1. The molecule has 0 aromatic carbocycles.